The lowest BCUT2D eigenvalue weighted by Gasteiger charge is -2.40. The molecule has 0 bridgehead atoms. The summed E-state index contributed by atoms with van der Waals surface area (Å²) in [5, 5.41) is 10.4. The molecule has 0 spiro atoms. The highest BCUT2D eigenvalue weighted by atomic mass is 79.9. The quantitative estimate of drug-likeness (QED) is 0.408. The minimum absolute atomic E-state index is 0.00122. The van der Waals surface area contributed by atoms with Crippen molar-refractivity contribution in [3.05, 3.63) is 111 Å². The van der Waals surface area contributed by atoms with Gasteiger partial charge < -0.3 is 5.11 Å². The van der Waals surface area contributed by atoms with Crippen molar-refractivity contribution in [1.29, 1.82) is 0 Å². The molecule has 5 nitrogen and oxygen atoms in total. The summed E-state index contributed by atoms with van der Waals surface area (Å²) < 4.78 is 30.3. The summed E-state index contributed by atoms with van der Waals surface area (Å²) in [7, 11) is -4.09. The standard InChI is InChI=1S/C25H21BrClNO4S/c1-16-5-11-21(12-6-16)33(31,32)28-23(17-7-9-19(26)10-8-17)14-13-22(25(29)30)24(28)18-3-2-4-20(27)15-18/h2-13,15,23-24H,14H2,1H3,(H,29,30)/t23-,24-/m0/s1. The number of rotatable bonds is 5. The van der Waals surface area contributed by atoms with Crippen LogP contribution in [0, 0.1) is 6.92 Å². The maximum Gasteiger partial charge on any atom is 0.333 e. The summed E-state index contributed by atoms with van der Waals surface area (Å²) in [5.41, 5.74) is 2.19. The molecular weight excluding hydrogens is 526 g/mol. The van der Waals surface area contributed by atoms with E-state index >= 15 is 0 Å². The Morgan fingerprint density at radius 1 is 1.03 bits per heavy atom. The predicted octanol–water partition coefficient (Wildman–Crippen LogP) is 6.30. The average molecular weight is 547 g/mol. The molecule has 0 amide bonds. The molecule has 170 valence electrons. The van der Waals surface area contributed by atoms with E-state index in [0.29, 0.717) is 10.6 Å². The molecule has 0 radical (unpaired) electrons. The Hall–Kier alpha value is -2.45. The van der Waals surface area contributed by atoms with E-state index in [-0.39, 0.29) is 16.9 Å². The van der Waals surface area contributed by atoms with Crippen LogP contribution in [0.25, 0.3) is 0 Å². The monoisotopic (exact) mass is 545 g/mol. The van der Waals surface area contributed by atoms with Crippen LogP contribution < -0.4 is 0 Å². The summed E-state index contributed by atoms with van der Waals surface area (Å²) in [5.74, 6) is -1.17. The first kappa shape index (κ1) is 23.7. The Kier molecular flexibility index (Phi) is 6.77. The van der Waals surface area contributed by atoms with Crippen LogP contribution in [0.5, 0.6) is 0 Å². The van der Waals surface area contributed by atoms with Gasteiger partial charge in [-0.1, -0.05) is 75.6 Å². The van der Waals surface area contributed by atoms with E-state index in [4.69, 9.17) is 11.6 Å². The van der Waals surface area contributed by atoms with Crippen LogP contribution in [0.1, 0.15) is 35.2 Å². The average Bonchev–Trinajstić information content (AvgIpc) is 2.79. The topological polar surface area (TPSA) is 74.7 Å². The van der Waals surface area contributed by atoms with Crippen LogP contribution in [-0.2, 0) is 14.8 Å². The molecule has 1 aliphatic heterocycles. The molecule has 1 N–H and O–H groups in total. The first-order valence-electron chi connectivity index (χ1n) is 10.2. The molecule has 3 aromatic carbocycles. The Morgan fingerprint density at radius 3 is 2.30 bits per heavy atom. The molecule has 1 aliphatic rings. The molecule has 0 aliphatic carbocycles. The molecule has 0 aromatic heterocycles. The van der Waals surface area contributed by atoms with Crippen LogP contribution in [0.3, 0.4) is 0 Å². The fraction of sp³-hybridized carbons (Fsp3) is 0.160. The fourth-order valence-electron chi connectivity index (χ4n) is 4.08. The normalized spacial score (nSPS) is 19.2. The van der Waals surface area contributed by atoms with Gasteiger partial charge in [-0.15, -0.1) is 0 Å². The SMILES string of the molecule is Cc1ccc(S(=O)(=O)N2[C@@H](c3cccc(Cl)c3)C(C(=O)O)=CC[C@H]2c2ccc(Br)cc2)cc1. The summed E-state index contributed by atoms with van der Waals surface area (Å²) in [4.78, 5) is 12.3. The van der Waals surface area contributed by atoms with Crippen LogP contribution in [0.15, 0.2) is 93.8 Å². The number of hydrogen-bond acceptors (Lipinski definition) is 3. The number of carboxylic acids is 1. The highest BCUT2D eigenvalue weighted by Gasteiger charge is 2.44. The van der Waals surface area contributed by atoms with E-state index in [1.807, 2.05) is 31.2 Å². The van der Waals surface area contributed by atoms with Crippen molar-refractivity contribution >= 4 is 43.5 Å². The number of aliphatic carboxylic acids is 1. The minimum Gasteiger partial charge on any atom is -0.478 e. The summed E-state index contributed by atoms with van der Waals surface area (Å²) in [6.45, 7) is 1.88. The Morgan fingerprint density at radius 2 is 1.70 bits per heavy atom. The van der Waals surface area contributed by atoms with Gasteiger partial charge in [0, 0.05) is 9.50 Å². The van der Waals surface area contributed by atoms with Crippen molar-refractivity contribution < 1.29 is 18.3 Å². The van der Waals surface area contributed by atoms with Crippen LogP contribution in [0.2, 0.25) is 5.02 Å². The van der Waals surface area contributed by atoms with E-state index in [9.17, 15) is 18.3 Å². The van der Waals surface area contributed by atoms with Crippen molar-refractivity contribution in [1.82, 2.24) is 4.31 Å². The number of benzene rings is 3. The summed E-state index contributed by atoms with van der Waals surface area (Å²) in [6, 6.07) is 19.0. The number of halogens is 2. The second kappa shape index (κ2) is 9.43. The number of carbonyl (C=O) groups is 1. The fourth-order valence-corrected chi connectivity index (χ4v) is 6.33. The van der Waals surface area contributed by atoms with E-state index in [1.165, 1.54) is 4.31 Å². The van der Waals surface area contributed by atoms with Gasteiger partial charge in [-0.3, -0.25) is 0 Å². The van der Waals surface area contributed by atoms with E-state index in [2.05, 4.69) is 15.9 Å². The van der Waals surface area contributed by atoms with Crippen molar-refractivity contribution in [2.75, 3.05) is 0 Å². The van der Waals surface area contributed by atoms with Gasteiger partial charge in [0.25, 0.3) is 0 Å². The van der Waals surface area contributed by atoms with Crippen molar-refractivity contribution in [2.45, 2.75) is 30.3 Å². The zero-order valence-corrected chi connectivity index (χ0v) is 20.8. The van der Waals surface area contributed by atoms with Gasteiger partial charge >= 0.3 is 5.97 Å². The van der Waals surface area contributed by atoms with Crippen molar-refractivity contribution in [3.63, 3.8) is 0 Å². The maximum absolute atomic E-state index is 14.0. The number of hydrogen-bond donors (Lipinski definition) is 1. The lowest BCUT2D eigenvalue weighted by Crippen LogP contribution is -2.42. The van der Waals surface area contributed by atoms with E-state index in [0.717, 1.165) is 15.6 Å². The zero-order chi connectivity index (χ0) is 23.8. The molecule has 3 aromatic rings. The number of carboxylic acid groups (broad SMARTS) is 1. The van der Waals surface area contributed by atoms with E-state index in [1.54, 1.807) is 54.6 Å². The van der Waals surface area contributed by atoms with Crippen LogP contribution in [0.4, 0.5) is 0 Å². The van der Waals surface area contributed by atoms with Gasteiger partial charge in [0.15, 0.2) is 0 Å². The summed E-state index contributed by atoms with van der Waals surface area (Å²) >= 11 is 9.64. The first-order chi connectivity index (χ1) is 15.7. The molecular formula is C25H21BrClNO4S. The third-order valence-electron chi connectivity index (χ3n) is 5.68. The number of aryl methyl sites for hydroxylation is 1. The Balaban J connectivity index is 1.97. The lowest BCUT2D eigenvalue weighted by molar-refractivity contribution is -0.133. The highest BCUT2D eigenvalue weighted by Crippen LogP contribution is 2.46. The Labute approximate surface area is 206 Å². The summed E-state index contributed by atoms with van der Waals surface area (Å²) in [6.07, 6.45) is 1.84. The largest absolute Gasteiger partial charge is 0.478 e. The van der Waals surface area contributed by atoms with Gasteiger partial charge in [0.1, 0.15) is 0 Å². The molecule has 4 rings (SSSR count). The van der Waals surface area contributed by atoms with Crippen LogP contribution in [-0.4, -0.2) is 23.8 Å². The smallest absolute Gasteiger partial charge is 0.333 e. The third kappa shape index (κ3) is 4.77. The van der Waals surface area contributed by atoms with Crippen molar-refractivity contribution in [3.8, 4) is 0 Å². The minimum atomic E-state index is -4.09. The molecule has 1 heterocycles. The third-order valence-corrected chi connectivity index (χ3v) is 8.33. The second-order valence-electron chi connectivity index (χ2n) is 7.87. The lowest BCUT2D eigenvalue weighted by atomic mass is 9.89. The first-order valence-corrected chi connectivity index (χ1v) is 12.8. The Bertz CT molecular complexity index is 1320. The molecule has 8 heteroatoms. The number of nitrogens with zero attached hydrogens (tertiary/aromatic N) is 1. The van der Waals surface area contributed by atoms with Gasteiger partial charge in [0.2, 0.25) is 10.0 Å². The number of sulfonamides is 1. The molecule has 0 fully saturated rings. The van der Waals surface area contributed by atoms with Gasteiger partial charge in [-0.05, 0) is 60.9 Å². The van der Waals surface area contributed by atoms with Gasteiger partial charge in [-0.2, -0.15) is 4.31 Å². The maximum atomic E-state index is 14.0. The van der Waals surface area contributed by atoms with Gasteiger partial charge in [-0.25, -0.2) is 13.2 Å². The van der Waals surface area contributed by atoms with Crippen molar-refractivity contribution in [2.24, 2.45) is 0 Å². The molecule has 2 atom stereocenters. The molecule has 0 saturated carbocycles. The zero-order valence-electron chi connectivity index (χ0n) is 17.7. The van der Waals surface area contributed by atoms with E-state index < -0.39 is 28.1 Å². The predicted molar refractivity (Wildman–Crippen MR) is 132 cm³/mol. The highest BCUT2D eigenvalue weighted by molar-refractivity contribution is 9.10. The molecule has 0 unspecified atom stereocenters. The van der Waals surface area contributed by atoms with Crippen LogP contribution >= 0.6 is 27.5 Å². The molecule has 33 heavy (non-hydrogen) atoms. The van der Waals surface area contributed by atoms with Gasteiger partial charge in [0.05, 0.1) is 22.6 Å². The second-order valence-corrected chi connectivity index (χ2v) is 11.1. The molecule has 0 saturated heterocycles.